The van der Waals surface area contributed by atoms with E-state index in [0.29, 0.717) is 0 Å². The third-order valence-corrected chi connectivity index (χ3v) is 3.35. The molecule has 4 heteroatoms. The molecule has 0 bridgehead atoms. The highest BCUT2D eigenvalue weighted by molar-refractivity contribution is 7.99. The van der Waals surface area contributed by atoms with Crippen LogP contribution < -0.4 is 5.32 Å². The monoisotopic (exact) mass is 267 g/mol. The van der Waals surface area contributed by atoms with Crippen molar-refractivity contribution in [2.75, 3.05) is 12.3 Å². The molecule has 3 nitrogen and oxygen atoms in total. The summed E-state index contributed by atoms with van der Waals surface area (Å²) in [4.78, 5) is 8.85. The zero-order chi connectivity index (χ0) is 13.6. The molecule has 18 heavy (non-hydrogen) atoms. The van der Waals surface area contributed by atoms with Crippen LogP contribution in [0.2, 0.25) is 0 Å². The third kappa shape index (κ3) is 6.97. The van der Waals surface area contributed by atoms with E-state index in [9.17, 15) is 0 Å². The fourth-order valence-corrected chi connectivity index (χ4v) is 2.56. The van der Waals surface area contributed by atoms with Gasteiger partial charge in [0, 0.05) is 22.7 Å². The van der Waals surface area contributed by atoms with Gasteiger partial charge in [-0.15, -0.1) is 0 Å². The van der Waals surface area contributed by atoms with Crippen molar-refractivity contribution in [3.8, 4) is 0 Å². The molecular formula is C14H25N3S. The summed E-state index contributed by atoms with van der Waals surface area (Å²) in [5.41, 5.74) is 2.34. The van der Waals surface area contributed by atoms with Crippen molar-refractivity contribution < 1.29 is 0 Å². The van der Waals surface area contributed by atoms with Gasteiger partial charge < -0.3 is 5.32 Å². The van der Waals surface area contributed by atoms with Gasteiger partial charge >= 0.3 is 0 Å². The molecule has 0 aliphatic rings. The lowest BCUT2D eigenvalue weighted by Crippen LogP contribution is -2.36. The lowest BCUT2D eigenvalue weighted by atomic mass is 10.1. The van der Waals surface area contributed by atoms with Gasteiger partial charge in [0.25, 0.3) is 0 Å². The number of rotatable bonds is 6. The maximum Gasteiger partial charge on any atom is 0.187 e. The summed E-state index contributed by atoms with van der Waals surface area (Å²) in [6, 6.07) is 2.01. The number of hydrogen-bond donors (Lipinski definition) is 1. The third-order valence-electron chi connectivity index (χ3n) is 2.42. The van der Waals surface area contributed by atoms with E-state index >= 15 is 0 Å². The van der Waals surface area contributed by atoms with Gasteiger partial charge in [-0.1, -0.05) is 11.8 Å². The van der Waals surface area contributed by atoms with Crippen LogP contribution in [0.1, 0.15) is 45.0 Å². The van der Waals surface area contributed by atoms with Crippen LogP contribution in [0.5, 0.6) is 0 Å². The van der Waals surface area contributed by atoms with Crippen molar-refractivity contribution in [3.05, 3.63) is 17.5 Å². The summed E-state index contributed by atoms with van der Waals surface area (Å²) < 4.78 is 0. The van der Waals surface area contributed by atoms with Crippen LogP contribution in [0.25, 0.3) is 0 Å². The zero-order valence-electron chi connectivity index (χ0n) is 12.2. The van der Waals surface area contributed by atoms with Gasteiger partial charge in [0.1, 0.15) is 0 Å². The minimum atomic E-state index is 0.226. The molecule has 1 N–H and O–H groups in total. The van der Waals surface area contributed by atoms with E-state index in [1.54, 1.807) is 11.8 Å². The van der Waals surface area contributed by atoms with Gasteiger partial charge in [-0.3, -0.25) is 0 Å². The molecule has 102 valence electrons. The number of thioether (sulfide) groups is 1. The van der Waals surface area contributed by atoms with Crippen molar-refractivity contribution in [2.45, 2.75) is 58.2 Å². The predicted molar refractivity (Wildman–Crippen MR) is 79.2 cm³/mol. The number of nitrogens with one attached hydrogen (secondary N) is 1. The summed E-state index contributed by atoms with van der Waals surface area (Å²) >= 11 is 1.76. The molecule has 0 saturated carbocycles. The van der Waals surface area contributed by atoms with Crippen molar-refractivity contribution in [2.24, 2.45) is 0 Å². The van der Waals surface area contributed by atoms with Crippen LogP contribution in [-0.2, 0) is 0 Å². The van der Waals surface area contributed by atoms with Crippen molar-refractivity contribution in [3.63, 3.8) is 0 Å². The van der Waals surface area contributed by atoms with Gasteiger partial charge in [0.05, 0.1) is 0 Å². The van der Waals surface area contributed by atoms with E-state index < -0.39 is 0 Å². The Kier molecular flexibility index (Phi) is 6.09. The van der Waals surface area contributed by atoms with E-state index in [0.717, 1.165) is 28.8 Å². The normalized spacial score (nSPS) is 11.8. The van der Waals surface area contributed by atoms with E-state index in [1.165, 1.54) is 12.8 Å². The topological polar surface area (TPSA) is 37.8 Å². The fourth-order valence-electron chi connectivity index (χ4n) is 1.61. The van der Waals surface area contributed by atoms with E-state index in [4.69, 9.17) is 0 Å². The Labute approximate surface area is 115 Å². The number of hydrogen-bond acceptors (Lipinski definition) is 4. The molecule has 0 amide bonds. The van der Waals surface area contributed by atoms with Gasteiger partial charge in [-0.25, -0.2) is 9.97 Å². The largest absolute Gasteiger partial charge is 0.312 e. The molecule has 0 fully saturated rings. The quantitative estimate of drug-likeness (QED) is 0.487. The first-order chi connectivity index (χ1) is 8.37. The van der Waals surface area contributed by atoms with Gasteiger partial charge in [-0.2, -0.15) is 0 Å². The minimum Gasteiger partial charge on any atom is -0.312 e. The molecule has 1 heterocycles. The second kappa shape index (κ2) is 7.10. The molecule has 1 aromatic heterocycles. The Bertz CT molecular complexity index is 352. The van der Waals surface area contributed by atoms with Gasteiger partial charge in [-0.05, 0) is 60.1 Å². The molecule has 1 rings (SSSR count). The molecule has 1 aromatic rings. The van der Waals surface area contributed by atoms with E-state index in [2.05, 4.69) is 36.1 Å². The number of aryl methyl sites for hydroxylation is 2. The van der Waals surface area contributed by atoms with Crippen molar-refractivity contribution in [1.82, 2.24) is 15.3 Å². The molecule has 0 atom stereocenters. The Morgan fingerprint density at radius 3 is 2.28 bits per heavy atom. The highest BCUT2D eigenvalue weighted by Crippen LogP contribution is 2.15. The Balaban J connectivity index is 2.18. The molecule has 0 saturated heterocycles. The maximum atomic E-state index is 4.43. The summed E-state index contributed by atoms with van der Waals surface area (Å²) in [5, 5.41) is 4.41. The van der Waals surface area contributed by atoms with E-state index in [1.807, 2.05) is 19.9 Å². The minimum absolute atomic E-state index is 0.226. The Morgan fingerprint density at radius 2 is 1.72 bits per heavy atom. The van der Waals surface area contributed by atoms with Crippen LogP contribution in [0.3, 0.4) is 0 Å². The summed E-state index contributed by atoms with van der Waals surface area (Å²) in [6.07, 6.45) is 2.40. The average Bonchev–Trinajstić information content (AvgIpc) is 2.20. The second-order valence-electron chi connectivity index (χ2n) is 5.67. The number of nitrogens with zero attached hydrogens (tertiary/aromatic N) is 2. The molecule has 0 radical (unpaired) electrons. The lowest BCUT2D eigenvalue weighted by molar-refractivity contribution is 0.421. The first-order valence-electron chi connectivity index (χ1n) is 6.57. The second-order valence-corrected chi connectivity index (χ2v) is 6.73. The molecular weight excluding hydrogens is 242 g/mol. The van der Waals surface area contributed by atoms with Gasteiger partial charge in [0.15, 0.2) is 5.16 Å². The summed E-state index contributed by atoms with van der Waals surface area (Å²) in [6.45, 7) is 11.7. The highest BCUT2D eigenvalue weighted by atomic mass is 32.2. The van der Waals surface area contributed by atoms with Crippen LogP contribution in [0.15, 0.2) is 11.2 Å². The molecule has 0 aliphatic heterocycles. The van der Waals surface area contributed by atoms with Gasteiger partial charge in [0.2, 0.25) is 0 Å². The fraction of sp³-hybridized carbons (Fsp3) is 0.714. The van der Waals surface area contributed by atoms with Crippen LogP contribution >= 0.6 is 11.8 Å². The molecule has 0 aliphatic carbocycles. The smallest absolute Gasteiger partial charge is 0.187 e. The first-order valence-corrected chi connectivity index (χ1v) is 7.55. The highest BCUT2D eigenvalue weighted by Gasteiger charge is 2.07. The average molecular weight is 267 g/mol. The molecule has 0 aromatic carbocycles. The summed E-state index contributed by atoms with van der Waals surface area (Å²) in [7, 11) is 0. The van der Waals surface area contributed by atoms with Crippen LogP contribution in [-0.4, -0.2) is 27.8 Å². The molecule has 0 spiro atoms. The standard InChI is InChI=1S/C14H25N3S/c1-11-10-12(2)17-13(16-11)18-9-7-6-8-15-14(3,4)5/h10,15H,6-9H2,1-5H3. The van der Waals surface area contributed by atoms with Crippen molar-refractivity contribution in [1.29, 1.82) is 0 Å². The predicted octanol–water partition coefficient (Wildman–Crippen LogP) is 3.35. The lowest BCUT2D eigenvalue weighted by Gasteiger charge is -2.20. The van der Waals surface area contributed by atoms with Crippen LogP contribution in [0.4, 0.5) is 0 Å². The first kappa shape index (κ1) is 15.4. The Morgan fingerprint density at radius 1 is 1.11 bits per heavy atom. The molecule has 0 unspecified atom stereocenters. The van der Waals surface area contributed by atoms with Crippen molar-refractivity contribution >= 4 is 11.8 Å². The number of aromatic nitrogens is 2. The Hall–Kier alpha value is -0.610. The van der Waals surface area contributed by atoms with E-state index in [-0.39, 0.29) is 5.54 Å². The maximum absolute atomic E-state index is 4.43. The van der Waals surface area contributed by atoms with Crippen LogP contribution in [0, 0.1) is 13.8 Å². The SMILES string of the molecule is Cc1cc(C)nc(SCCCCNC(C)(C)C)n1. The number of unbranched alkanes of at least 4 members (excludes halogenated alkanes) is 1. The zero-order valence-corrected chi connectivity index (χ0v) is 13.0. The summed E-state index contributed by atoms with van der Waals surface area (Å²) in [5.74, 6) is 1.09.